The van der Waals surface area contributed by atoms with Crippen LogP contribution in [0.4, 0.5) is 0 Å². The third-order valence-electron chi connectivity index (χ3n) is 2.04. The van der Waals surface area contributed by atoms with Gasteiger partial charge in [-0.3, -0.25) is 0 Å². The van der Waals surface area contributed by atoms with E-state index < -0.39 is 43.1 Å². The highest BCUT2D eigenvalue weighted by atomic mass is 15.1. The second-order valence-corrected chi connectivity index (χ2v) is 4.78. The van der Waals surface area contributed by atoms with Crippen LogP contribution >= 0.6 is 0 Å². The van der Waals surface area contributed by atoms with Crippen molar-refractivity contribution in [1.82, 2.24) is 4.90 Å². The first-order valence-corrected chi connectivity index (χ1v) is 4.73. The molecule has 0 amide bonds. The molecule has 1 aliphatic heterocycles. The van der Waals surface area contributed by atoms with Crippen molar-refractivity contribution in [3.8, 4) is 0 Å². The smallest absolute Gasteiger partial charge is 0.0431 e. The molecule has 0 bridgehead atoms. The zero-order valence-corrected chi connectivity index (χ0v) is 9.10. The molecule has 0 N–H and O–H groups in total. The van der Waals surface area contributed by atoms with Crippen LogP contribution in [0.1, 0.15) is 58.3 Å². The number of rotatable bonds is 1. The number of hydrogen-bond donors (Lipinski definition) is 0. The van der Waals surface area contributed by atoms with Gasteiger partial charge in [0, 0.05) is 17.0 Å². The van der Waals surface area contributed by atoms with Crippen LogP contribution in [0.3, 0.4) is 0 Å². The van der Waals surface area contributed by atoms with E-state index in [4.69, 9.17) is 11.0 Å². The topological polar surface area (TPSA) is 3.24 Å². The average Bonchev–Trinajstić information content (AvgIpc) is 2.08. The molecule has 0 atom stereocenters. The van der Waals surface area contributed by atoms with Crippen LogP contribution in [0.25, 0.3) is 0 Å². The van der Waals surface area contributed by atoms with Gasteiger partial charge in [0.25, 0.3) is 0 Å². The van der Waals surface area contributed by atoms with E-state index in [9.17, 15) is 0 Å². The first kappa shape index (κ1) is 4.22. The molecule has 0 unspecified atom stereocenters. The summed E-state index contributed by atoms with van der Waals surface area (Å²) >= 11 is 0. The van der Waals surface area contributed by atoms with E-state index in [0.29, 0.717) is 4.90 Å². The van der Waals surface area contributed by atoms with Gasteiger partial charge in [-0.05, 0) is 50.9 Å². The van der Waals surface area contributed by atoms with Gasteiger partial charge in [-0.1, -0.05) is 20.8 Å². The maximum atomic E-state index is 8.24. The molecule has 0 aromatic carbocycles. The molecule has 0 aliphatic carbocycles. The normalized spacial score (nSPS) is 47.2. The van der Waals surface area contributed by atoms with Gasteiger partial charge >= 0.3 is 0 Å². The van der Waals surface area contributed by atoms with Gasteiger partial charge in [0.15, 0.2) is 0 Å². The van der Waals surface area contributed by atoms with Crippen molar-refractivity contribution in [2.24, 2.45) is 11.3 Å². The molecule has 1 heterocycles. The van der Waals surface area contributed by atoms with Gasteiger partial charge in [-0.15, -0.1) is 0 Å². The van der Waals surface area contributed by atoms with Crippen molar-refractivity contribution in [3.63, 3.8) is 0 Å². The summed E-state index contributed by atoms with van der Waals surface area (Å²) < 4.78 is 65.6. The van der Waals surface area contributed by atoms with Gasteiger partial charge in [0.2, 0.25) is 0 Å². The van der Waals surface area contributed by atoms with E-state index in [-0.39, 0.29) is 0 Å². The van der Waals surface area contributed by atoms with Crippen LogP contribution in [0.2, 0.25) is 0 Å². The third kappa shape index (κ3) is 2.98. The van der Waals surface area contributed by atoms with Gasteiger partial charge in [-0.2, -0.15) is 0 Å². The monoisotopic (exact) mass is 191 g/mol. The predicted octanol–water partition coefficient (Wildman–Crippen LogP) is 3.15. The zero-order valence-electron chi connectivity index (χ0n) is 17.1. The lowest BCUT2D eigenvalue weighted by Gasteiger charge is -2.40. The number of hydrogen-bond acceptors (Lipinski definition) is 1. The van der Waals surface area contributed by atoms with Crippen LogP contribution in [-0.4, -0.2) is 23.9 Å². The highest BCUT2D eigenvalue weighted by molar-refractivity contribution is 4.81. The summed E-state index contributed by atoms with van der Waals surface area (Å²) in [5.41, 5.74) is -0.934. The number of likely N-dealkylation sites (tertiary alicyclic amines) is 1. The highest BCUT2D eigenvalue weighted by Gasteiger charge is 2.29. The summed E-state index contributed by atoms with van der Waals surface area (Å²) in [5.74, 6) is -1.43. The summed E-state index contributed by atoms with van der Waals surface area (Å²) in [6.45, 7) is 2.69. The predicted molar refractivity (Wildman–Crippen MR) is 58.9 cm³/mol. The van der Waals surface area contributed by atoms with Crippen LogP contribution in [-0.2, 0) is 0 Å². The molecule has 1 fully saturated rings. The fraction of sp³-hybridized carbons (Fsp3) is 1.00. The summed E-state index contributed by atoms with van der Waals surface area (Å²) in [6.07, 6.45) is -5.07. The van der Waals surface area contributed by atoms with Crippen molar-refractivity contribution >= 4 is 0 Å². The zero-order chi connectivity index (χ0) is 17.2. The van der Waals surface area contributed by atoms with Gasteiger partial charge < -0.3 is 4.90 Å². The van der Waals surface area contributed by atoms with E-state index in [2.05, 4.69) is 0 Å². The highest BCUT2D eigenvalue weighted by Crippen LogP contribution is 2.34. The summed E-state index contributed by atoms with van der Waals surface area (Å²) in [5, 5.41) is 0. The lowest BCUT2D eigenvalue weighted by molar-refractivity contribution is 0.0930. The first-order chi connectivity index (χ1) is 8.93. The van der Waals surface area contributed by atoms with Crippen LogP contribution in [0, 0.1) is 11.3 Å². The average molecular weight is 191 g/mol. The second-order valence-electron chi connectivity index (χ2n) is 4.78. The molecule has 0 saturated carbocycles. The van der Waals surface area contributed by atoms with E-state index >= 15 is 0 Å². The van der Waals surface area contributed by atoms with Gasteiger partial charge in [0.05, 0.1) is 0 Å². The Bertz CT molecular complexity index is 382. The van der Waals surface area contributed by atoms with Crippen LogP contribution in [0.5, 0.6) is 0 Å². The SMILES string of the molecule is [2H]C1([2H])C(C(C)(C)C)C([2H])([2H])C([2H])([2H])N(C(C)C)C1([2H])[2H]. The number of nitrogens with zero attached hydrogens (tertiary/aromatic N) is 1. The van der Waals surface area contributed by atoms with E-state index in [0.717, 1.165) is 0 Å². The molecule has 1 nitrogen and oxygen atoms in total. The van der Waals surface area contributed by atoms with Crippen molar-refractivity contribution < 1.29 is 11.0 Å². The van der Waals surface area contributed by atoms with E-state index in [1.165, 1.54) is 0 Å². The lowest BCUT2D eigenvalue weighted by Crippen LogP contribution is -2.41. The Morgan fingerprint density at radius 1 is 1.23 bits per heavy atom. The van der Waals surface area contributed by atoms with Gasteiger partial charge in [0.1, 0.15) is 0 Å². The summed E-state index contributed by atoms with van der Waals surface area (Å²) in [7, 11) is 0. The molecule has 1 saturated heterocycles. The largest absolute Gasteiger partial charge is 0.301 e. The van der Waals surface area contributed by atoms with Crippen molar-refractivity contribution in [2.75, 3.05) is 13.0 Å². The molecule has 0 aromatic rings. The minimum absolute atomic E-state index is 0.680. The van der Waals surface area contributed by atoms with E-state index in [1.54, 1.807) is 34.6 Å². The fourth-order valence-corrected chi connectivity index (χ4v) is 1.02. The van der Waals surface area contributed by atoms with Crippen LogP contribution in [0.15, 0.2) is 0 Å². The molecule has 0 spiro atoms. The molecule has 1 rings (SSSR count). The quantitative estimate of drug-likeness (QED) is 0.615. The molecule has 0 aromatic heterocycles. The lowest BCUT2D eigenvalue weighted by atomic mass is 9.75. The molecule has 78 valence electrons. The molecule has 1 heteroatoms. The maximum Gasteiger partial charge on any atom is 0.0431 e. The Kier molecular flexibility index (Phi) is 1.30. The summed E-state index contributed by atoms with van der Waals surface area (Å²) in [6, 6.07) is -0.680. The minimum Gasteiger partial charge on any atom is -0.301 e. The third-order valence-corrected chi connectivity index (χ3v) is 2.04. The molecule has 1 aliphatic rings. The molecule has 13 heavy (non-hydrogen) atoms. The van der Waals surface area contributed by atoms with Crippen LogP contribution < -0.4 is 0 Å². The van der Waals surface area contributed by atoms with Crippen molar-refractivity contribution in [2.45, 2.75) is 53.4 Å². The Balaban J connectivity index is 3.69. The van der Waals surface area contributed by atoms with Gasteiger partial charge in [-0.25, -0.2) is 0 Å². The standard InChI is InChI=1S/C12H25N/c1-10(2)13-8-6-11(7-9-13)12(3,4)5/h10-11H,6-9H2,1-5H3/i6D2,7D2,8D2,9D2. The molecule has 0 radical (unpaired) electrons. The number of piperidine rings is 1. The Labute approximate surface area is 94.7 Å². The van der Waals surface area contributed by atoms with E-state index in [1.807, 2.05) is 0 Å². The maximum absolute atomic E-state index is 8.24. The first-order valence-electron chi connectivity index (χ1n) is 8.73. The summed E-state index contributed by atoms with van der Waals surface area (Å²) in [4.78, 5) is 0.697. The fourth-order valence-electron chi connectivity index (χ4n) is 1.02. The van der Waals surface area contributed by atoms with Crippen molar-refractivity contribution in [3.05, 3.63) is 0 Å². The second kappa shape index (κ2) is 4.00. The molecular weight excluding hydrogens is 158 g/mol. The van der Waals surface area contributed by atoms with Crippen molar-refractivity contribution in [1.29, 1.82) is 0 Å². The molecular formula is C12H25N. The minimum atomic E-state index is -2.62. The Morgan fingerprint density at radius 3 is 2.00 bits per heavy atom. The Hall–Kier alpha value is -0.0400. The Morgan fingerprint density at radius 2 is 1.69 bits per heavy atom.